The highest BCUT2D eigenvalue weighted by Gasteiger charge is 2.24. The van der Waals surface area contributed by atoms with E-state index >= 15 is 0 Å². The van der Waals surface area contributed by atoms with Crippen molar-refractivity contribution in [2.24, 2.45) is 0 Å². The minimum atomic E-state index is -3.68. The van der Waals surface area contributed by atoms with Crippen molar-refractivity contribution < 1.29 is 22.7 Å². The van der Waals surface area contributed by atoms with Gasteiger partial charge in [-0.3, -0.25) is 4.79 Å². The Kier molecular flexibility index (Phi) is 6.07. The monoisotopic (exact) mass is 328 g/mol. The molecule has 0 heterocycles. The van der Waals surface area contributed by atoms with Gasteiger partial charge >= 0.3 is 5.97 Å². The molecule has 0 bridgehead atoms. The summed E-state index contributed by atoms with van der Waals surface area (Å²) in [5.74, 6) is -1.20. The summed E-state index contributed by atoms with van der Waals surface area (Å²) in [5.41, 5.74) is 0.0714. The summed E-state index contributed by atoms with van der Waals surface area (Å²) in [6, 6.07) is 5.32. The Labute approximate surface area is 130 Å². The second-order valence-electron chi connectivity index (χ2n) is 4.89. The van der Waals surface area contributed by atoms with Gasteiger partial charge in [0.2, 0.25) is 10.0 Å². The first-order valence-electron chi connectivity index (χ1n) is 6.66. The van der Waals surface area contributed by atoms with Gasteiger partial charge in [-0.1, -0.05) is 6.07 Å². The molecule has 0 fully saturated rings. The fourth-order valence-corrected chi connectivity index (χ4v) is 2.93. The molecule has 22 heavy (non-hydrogen) atoms. The molecular weight excluding hydrogens is 308 g/mol. The number of nitrogens with zero attached hydrogens (tertiary/aromatic N) is 1. The molecule has 0 aromatic heterocycles. The average Bonchev–Trinajstić information content (AvgIpc) is 2.51. The van der Waals surface area contributed by atoms with Gasteiger partial charge in [-0.05, 0) is 32.0 Å². The number of esters is 1. The molecule has 1 amide bonds. The lowest BCUT2D eigenvalue weighted by atomic mass is 10.2. The lowest BCUT2D eigenvalue weighted by Crippen LogP contribution is -2.33. The Balaban J connectivity index is 3.00. The van der Waals surface area contributed by atoms with Crippen LogP contribution in [-0.2, 0) is 19.6 Å². The largest absolute Gasteiger partial charge is 0.452 e. The molecule has 0 aliphatic rings. The molecule has 1 aromatic carbocycles. The predicted octanol–water partition coefficient (Wildman–Crippen LogP) is 0.618. The molecule has 0 radical (unpaired) electrons. The fourth-order valence-electron chi connectivity index (χ4n) is 1.51. The van der Waals surface area contributed by atoms with Gasteiger partial charge in [0.15, 0.2) is 6.61 Å². The van der Waals surface area contributed by atoms with Gasteiger partial charge in [-0.15, -0.1) is 0 Å². The first-order chi connectivity index (χ1) is 10.2. The van der Waals surface area contributed by atoms with Crippen molar-refractivity contribution in [1.29, 1.82) is 0 Å². The molecule has 1 N–H and O–H groups in total. The van der Waals surface area contributed by atoms with Gasteiger partial charge in [0.05, 0.1) is 10.5 Å². The summed E-state index contributed by atoms with van der Waals surface area (Å²) in [4.78, 5) is 22.9. The minimum Gasteiger partial charge on any atom is -0.452 e. The van der Waals surface area contributed by atoms with Crippen molar-refractivity contribution in [3.63, 3.8) is 0 Å². The van der Waals surface area contributed by atoms with Crippen LogP contribution in [0.15, 0.2) is 29.2 Å². The molecule has 1 rings (SSSR count). The molecule has 0 aliphatic carbocycles. The predicted molar refractivity (Wildman–Crippen MR) is 80.9 cm³/mol. The molecule has 122 valence electrons. The normalized spacial score (nSPS) is 11.5. The van der Waals surface area contributed by atoms with E-state index in [0.29, 0.717) is 0 Å². The Morgan fingerprint density at radius 1 is 1.32 bits per heavy atom. The maximum Gasteiger partial charge on any atom is 0.338 e. The van der Waals surface area contributed by atoms with Crippen molar-refractivity contribution in [2.45, 2.75) is 24.8 Å². The van der Waals surface area contributed by atoms with E-state index in [1.807, 2.05) is 0 Å². The van der Waals surface area contributed by atoms with Crippen LogP contribution in [-0.4, -0.2) is 51.3 Å². The zero-order chi connectivity index (χ0) is 16.9. The SMILES string of the molecule is CNC(=O)COC(=O)c1cccc(S(=O)(=O)N(C)C(C)C)c1. The van der Waals surface area contributed by atoms with Crippen LogP contribution in [0.4, 0.5) is 0 Å². The first kappa shape index (κ1) is 18.1. The van der Waals surface area contributed by atoms with Gasteiger partial charge in [-0.25, -0.2) is 13.2 Å². The van der Waals surface area contributed by atoms with Gasteiger partial charge < -0.3 is 10.1 Å². The van der Waals surface area contributed by atoms with Crippen molar-refractivity contribution in [3.8, 4) is 0 Å². The second-order valence-corrected chi connectivity index (χ2v) is 6.89. The summed E-state index contributed by atoms with van der Waals surface area (Å²) in [5, 5.41) is 2.32. The molecule has 0 saturated heterocycles. The third kappa shape index (κ3) is 4.28. The van der Waals surface area contributed by atoms with Gasteiger partial charge in [0, 0.05) is 20.1 Å². The average molecular weight is 328 g/mol. The van der Waals surface area contributed by atoms with Crippen LogP contribution < -0.4 is 5.32 Å². The maximum atomic E-state index is 12.4. The molecule has 0 spiro atoms. The van der Waals surface area contributed by atoms with Crippen LogP contribution in [0.25, 0.3) is 0 Å². The van der Waals surface area contributed by atoms with Crippen LogP contribution in [0.5, 0.6) is 0 Å². The van der Waals surface area contributed by atoms with E-state index in [1.54, 1.807) is 13.8 Å². The molecule has 8 heteroatoms. The second kappa shape index (κ2) is 7.37. The van der Waals surface area contributed by atoms with Crippen LogP contribution in [0, 0.1) is 0 Å². The zero-order valence-electron chi connectivity index (χ0n) is 13.0. The van der Waals surface area contributed by atoms with E-state index in [2.05, 4.69) is 5.32 Å². The zero-order valence-corrected chi connectivity index (χ0v) is 13.8. The molecule has 0 atom stereocenters. The smallest absolute Gasteiger partial charge is 0.338 e. The topological polar surface area (TPSA) is 92.8 Å². The van der Waals surface area contributed by atoms with Crippen LogP contribution >= 0.6 is 0 Å². The molecule has 0 aliphatic heterocycles. The highest BCUT2D eigenvalue weighted by molar-refractivity contribution is 7.89. The standard InChI is InChI=1S/C14H20N2O5S/c1-10(2)16(4)22(19,20)12-7-5-6-11(8-12)14(18)21-9-13(17)15-3/h5-8,10H,9H2,1-4H3,(H,15,17). The molecular formula is C14H20N2O5S. The Hall–Kier alpha value is -1.93. The van der Waals surface area contributed by atoms with Crippen LogP contribution in [0.3, 0.4) is 0 Å². The summed E-state index contributed by atoms with van der Waals surface area (Å²) in [7, 11) is -0.793. The quantitative estimate of drug-likeness (QED) is 0.773. The Morgan fingerprint density at radius 3 is 2.50 bits per heavy atom. The Bertz CT molecular complexity index is 655. The third-order valence-electron chi connectivity index (χ3n) is 3.09. The summed E-state index contributed by atoms with van der Waals surface area (Å²) in [6.07, 6.45) is 0. The van der Waals surface area contributed by atoms with E-state index in [0.717, 1.165) is 0 Å². The highest BCUT2D eigenvalue weighted by Crippen LogP contribution is 2.18. The van der Waals surface area contributed by atoms with Gasteiger partial charge in [-0.2, -0.15) is 4.31 Å². The lowest BCUT2D eigenvalue weighted by molar-refractivity contribution is -0.123. The Morgan fingerprint density at radius 2 is 1.95 bits per heavy atom. The number of benzene rings is 1. The van der Waals surface area contributed by atoms with Gasteiger partial charge in [0.1, 0.15) is 0 Å². The van der Waals surface area contributed by atoms with Gasteiger partial charge in [0.25, 0.3) is 5.91 Å². The first-order valence-corrected chi connectivity index (χ1v) is 8.10. The van der Waals surface area contributed by atoms with Crippen molar-refractivity contribution in [1.82, 2.24) is 9.62 Å². The number of likely N-dealkylation sites (N-methyl/N-ethyl adjacent to an activating group) is 1. The molecule has 0 saturated carbocycles. The fraction of sp³-hybridized carbons (Fsp3) is 0.429. The van der Waals surface area contributed by atoms with Crippen LogP contribution in [0.2, 0.25) is 0 Å². The van der Waals surface area contributed by atoms with E-state index in [4.69, 9.17) is 4.74 Å². The van der Waals surface area contributed by atoms with Crippen molar-refractivity contribution in [2.75, 3.05) is 20.7 Å². The van der Waals surface area contributed by atoms with E-state index in [1.165, 1.54) is 42.7 Å². The number of ether oxygens (including phenoxy) is 1. The number of hydrogen-bond acceptors (Lipinski definition) is 5. The van der Waals surface area contributed by atoms with E-state index < -0.39 is 28.5 Å². The maximum absolute atomic E-state index is 12.4. The van der Waals surface area contributed by atoms with Crippen LogP contribution in [0.1, 0.15) is 24.2 Å². The van der Waals surface area contributed by atoms with Crippen molar-refractivity contribution >= 4 is 21.9 Å². The lowest BCUT2D eigenvalue weighted by Gasteiger charge is -2.21. The molecule has 1 aromatic rings. The van der Waals surface area contributed by atoms with E-state index in [-0.39, 0.29) is 16.5 Å². The number of rotatable bonds is 6. The number of hydrogen-bond donors (Lipinski definition) is 1. The molecule has 7 nitrogen and oxygen atoms in total. The highest BCUT2D eigenvalue weighted by atomic mass is 32.2. The minimum absolute atomic E-state index is 0.00177. The third-order valence-corrected chi connectivity index (χ3v) is 5.12. The van der Waals surface area contributed by atoms with Crippen molar-refractivity contribution in [3.05, 3.63) is 29.8 Å². The number of carbonyl (C=O) groups is 2. The molecule has 0 unspecified atom stereocenters. The number of nitrogens with one attached hydrogen (secondary N) is 1. The number of sulfonamides is 1. The summed E-state index contributed by atoms with van der Waals surface area (Å²) < 4.78 is 30.7. The number of amides is 1. The summed E-state index contributed by atoms with van der Waals surface area (Å²) >= 11 is 0. The van der Waals surface area contributed by atoms with E-state index in [9.17, 15) is 18.0 Å². The summed E-state index contributed by atoms with van der Waals surface area (Å²) in [6.45, 7) is 3.08. The number of carbonyl (C=O) groups excluding carboxylic acids is 2.